The first-order chi connectivity index (χ1) is 7.09. The number of amides is 1. The highest BCUT2D eigenvalue weighted by molar-refractivity contribution is 5.82. The van der Waals surface area contributed by atoms with Gasteiger partial charge in [0.2, 0.25) is 5.91 Å². The van der Waals surface area contributed by atoms with Crippen molar-refractivity contribution < 1.29 is 14.7 Å². The number of allylic oxidation sites excluding steroid dienone is 3. The van der Waals surface area contributed by atoms with Gasteiger partial charge in [-0.15, -0.1) is 0 Å². The van der Waals surface area contributed by atoms with E-state index in [4.69, 9.17) is 5.11 Å². The molecule has 82 valence electrons. The Morgan fingerprint density at radius 2 is 2.27 bits per heavy atom. The van der Waals surface area contributed by atoms with Gasteiger partial charge >= 0.3 is 5.97 Å². The third-order valence-corrected chi connectivity index (χ3v) is 2.23. The van der Waals surface area contributed by atoms with Gasteiger partial charge in [0, 0.05) is 6.92 Å². The number of hydrogen-bond acceptors (Lipinski definition) is 2. The minimum atomic E-state index is -0.986. The van der Waals surface area contributed by atoms with Gasteiger partial charge in [-0.05, 0) is 19.3 Å². The highest BCUT2D eigenvalue weighted by Crippen LogP contribution is 2.16. The predicted octanol–water partition coefficient (Wildman–Crippen LogP) is 1.24. The van der Waals surface area contributed by atoms with E-state index < -0.39 is 12.0 Å². The third-order valence-electron chi connectivity index (χ3n) is 2.23. The topological polar surface area (TPSA) is 66.4 Å². The fourth-order valence-electron chi connectivity index (χ4n) is 1.52. The predicted molar refractivity (Wildman–Crippen MR) is 56.3 cm³/mol. The molecule has 4 nitrogen and oxygen atoms in total. The Morgan fingerprint density at radius 1 is 1.53 bits per heavy atom. The van der Waals surface area contributed by atoms with Crippen LogP contribution in [0.4, 0.5) is 0 Å². The summed E-state index contributed by atoms with van der Waals surface area (Å²) >= 11 is 0. The van der Waals surface area contributed by atoms with Crippen LogP contribution in [0.1, 0.15) is 26.2 Å². The Balaban J connectivity index is 2.54. The highest BCUT2D eigenvalue weighted by atomic mass is 16.4. The molecule has 1 aliphatic rings. The van der Waals surface area contributed by atoms with E-state index in [1.165, 1.54) is 6.92 Å². The molecule has 0 aromatic heterocycles. The van der Waals surface area contributed by atoms with Crippen molar-refractivity contribution in [3.63, 3.8) is 0 Å². The molecule has 15 heavy (non-hydrogen) atoms. The van der Waals surface area contributed by atoms with Gasteiger partial charge in [-0.25, -0.2) is 4.79 Å². The van der Waals surface area contributed by atoms with Gasteiger partial charge in [0.15, 0.2) is 0 Å². The molecule has 0 saturated carbocycles. The van der Waals surface area contributed by atoms with Crippen LogP contribution in [-0.4, -0.2) is 23.0 Å². The zero-order chi connectivity index (χ0) is 11.3. The summed E-state index contributed by atoms with van der Waals surface area (Å²) in [6.07, 6.45) is 8.09. The Morgan fingerprint density at radius 3 is 2.73 bits per heavy atom. The van der Waals surface area contributed by atoms with Gasteiger partial charge in [0.25, 0.3) is 0 Å². The van der Waals surface area contributed by atoms with Crippen molar-refractivity contribution in [3.8, 4) is 0 Å². The SMILES string of the molecule is CC(=O)NC(CC1=CCC=CC1)C(=O)O. The van der Waals surface area contributed by atoms with Crippen molar-refractivity contribution in [2.75, 3.05) is 0 Å². The van der Waals surface area contributed by atoms with Crippen LogP contribution in [0, 0.1) is 0 Å². The van der Waals surface area contributed by atoms with Gasteiger partial charge in [-0.2, -0.15) is 0 Å². The van der Waals surface area contributed by atoms with Crippen LogP contribution in [0.3, 0.4) is 0 Å². The number of nitrogens with one attached hydrogen (secondary N) is 1. The largest absolute Gasteiger partial charge is 0.480 e. The average Bonchev–Trinajstić information content (AvgIpc) is 2.17. The second kappa shape index (κ2) is 5.34. The molecule has 4 heteroatoms. The van der Waals surface area contributed by atoms with Gasteiger partial charge in [-0.3, -0.25) is 4.79 Å². The van der Waals surface area contributed by atoms with E-state index in [9.17, 15) is 9.59 Å². The Hall–Kier alpha value is -1.58. The van der Waals surface area contributed by atoms with E-state index >= 15 is 0 Å². The van der Waals surface area contributed by atoms with Crippen LogP contribution < -0.4 is 5.32 Å². The monoisotopic (exact) mass is 209 g/mol. The van der Waals surface area contributed by atoms with Crippen molar-refractivity contribution in [2.45, 2.75) is 32.2 Å². The van der Waals surface area contributed by atoms with Crippen LogP contribution in [0.2, 0.25) is 0 Å². The van der Waals surface area contributed by atoms with Crippen molar-refractivity contribution in [3.05, 3.63) is 23.8 Å². The number of carboxylic acids is 1. The summed E-state index contributed by atoms with van der Waals surface area (Å²) in [6.45, 7) is 1.32. The summed E-state index contributed by atoms with van der Waals surface area (Å²) in [6, 6.07) is -0.805. The first-order valence-electron chi connectivity index (χ1n) is 4.92. The van der Waals surface area contributed by atoms with E-state index in [0.29, 0.717) is 6.42 Å². The van der Waals surface area contributed by atoms with Crippen molar-refractivity contribution >= 4 is 11.9 Å². The minimum Gasteiger partial charge on any atom is -0.480 e. The van der Waals surface area contributed by atoms with E-state index in [1.807, 2.05) is 18.2 Å². The minimum absolute atomic E-state index is 0.311. The molecular weight excluding hydrogens is 194 g/mol. The van der Waals surface area contributed by atoms with Crippen LogP contribution in [0.15, 0.2) is 23.8 Å². The number of aliphatic carboxylic acids is 1. The van der Waals surface area contributed by atoms with E-state index in [1.54, 1.807) is 0 Å². The Labute approximate surface area is 88.7 Å². The van der Waals surface area contributed by atoms with Crippen LogP contribution in [-0.2, 0) is 9.59 Å². The summed E-state index contributed by atoms with van der Waals surface area (Å²) in [5.41, 5.74) is 1.07. The normalized spacial score (nSPS) is 16.7. The fraction of sp³-hybridized carbons (Fsp3) is 0.455. The molecular formula is C11H15NO3. The lowest BCUT2D eigenvalue weighted by atomic mass is 9.98. The van der Waals surface area contributed by atoms with E-state index in [0.717, 1.165) is 18.4 Å². The first-order valence-corrected chi connectivity index (χ1v) is 4.92. The number of carbonyl (C=O) groups excluding carboxylic acids is 1. The number of carboxylic acid groups (broad SMARTS) is 1. The van der Waals surface area contributed by atoms with Crippen LogP contribution >= 0.6 is 0 Å². The molecule has 1 amide bonds. The quantitative estimate of drug-likeness (QED) is 0.684. The van der Waals surface area contributed by atoms with E-state index in [-0.39, 0.29) is 5.91 Å². The van der Waals surface area contributed by atoms with Crippen LogP contribution in [0.25, 0.3) is 0 Å². The molecule has 1 atom stereocenters. The van der Waals surface area contributed by atoms with Gasteiger partial charge in [-0.1, -0.05) is 23.8 Å². The summed E-state index contributed by atoms with van der Waals surface area (Å²) in [5, 5.41) is 11.3. The standard InChI is InChI=1S/C11H15NO3/c1-8(13)12-10(11(14)15)7-9-5-3-2-4-6-9/h2-3,6,10H,4-5,7H2,1H3,(H,12,13)(H,14,15). The first kappa shape index (κ1) is 11.5. The molecule has 1 aliphatic carbocycles. The molecule has 1 unspecified atom stereocenters. The lowest BCUT2D eigenvalue weighted by molar-refractivity contribution is -0.141. The Bertz CT molecular complexity index is 318. The van der Waals surface area contributed by atoms with Crippen molar-refractivity contribution in [1.82, 2.24) is 5.32 Å². The summed E-state index contributed by atoms with van der Waals surface area (Å²) < 4.78 is 0. The molecule has 0 spiro atoms. The third kappa shape index (κ3) is 3.97. The molecule has 0 aromatic rings. The molecule has 0 saturated heterocycles. The molecule has 0 aromatic carbocycles. The Kier molecular flexibility index (Phi) is 4.09. The molecule has 1 rings (SSSR count). The van der Waals surface area contributed by atoms with Crippen molar-refractivity contribution in [2.24, 2.45) is 0 Å². The fourth-order valence-corrected chi connectivity index (χ4v) is 1.52. The van der Waals surface area contributed by atoms with Crippen LogP contribution in [0.5, 0.6) is 0 Å². The lowest BCUT2D eigenvalue weighted by Crippen LogP contribution is -2.39. The molecule has 0 fully saturated rings. The summed E-state index contributed by atoms with van der Waals surface area (Å²) in [5.74, 6) is -1.30. The van der Waals surface area contributed by atoms with Gasteiger partial charge in [0.05, 0.1) is 0 Å². The zero-order valence-electron chi connectivity index (χ0n) is 8.69. The molecule has 0 bridgehead atoms. The van der Waals surface area contributed by atoms with Gasteiger partial charge < -0.3 is 10.4 Å². The summed E-state index contributed by atoms with van der Waals surface area (Å²) in [4.78, 5) is 21.6. The number of rotatable bonds is 4. The van der Waals surface area contributed by atoms with Gasteiger partial charge in [0.1, 0.15) is 6.04 Å². The molecule has 0 heterocycles. The average molecular weight is 209 g/mol. The number of carbonyl (C=O) groups is 2. The molecule has 0 radical (unpaired) electrons. The summed E-state index contributed by atoms with van der Waals surface area (Å²) in [7, 11) is 0. The zero-order valence-corrected chi connectivity index (χ0v) is 8.69. The second-order valence-corrected chi connectivity index (χ2v) is 3.57. The van der Waals surface area contributed by atoms with Crippen molar-refractivity contribution in [1.29, 1.82) is 0 Å². The van der Waals surface area contributed by atoms with E-state index in [2.05, 4.69) is 5.32 Å². The number of hydrogen-bond donors (Lipinski definition) is 2. The maximum Gasteiger partial charge on any atom is 0.326 e. The maximum absolute atomic E-state index is 10.8. The smallest absolute Gasteiger partial charge is 0.326 e. The molecule has 2 N–H and O–H groups in total. The highest BCUT2D eigenvalue weighted by Gasteiger charge is 2.19. The molecule has 0 aliphatic heterocycles. The second-order valence-electron chi connectivity index (χ2n) is 3.57. The maximum atomic E-state index is 10.8. The lowest BCUT2D eigenvalue weighted by Gasteiger charge is -2.16.